The first-order valence-electron chi connectivity index (χ1n) is 10.1. The van der Waals surface area contributed by atoms with E-state index in [9.17, 15) is 0 Å². The van der Waals surface area contributed by atoms with Crippen LogP contribution in [0.4, 0.5) is 5.82 Å². The molecule has 0 amide bonds. The molecule has 4 nitrogen and oxygen atoms in total. The van der Waals surface area contributed by atoms with E-state index in [1.54, 1.807) is 17.7 Å². The van der Waals surface area contributed by atoms with Crippen LogP contribution in [-0.4, -0.2) is 28.0 Å². The van der Waals surface area contributed by atoms with Crippen molar-refractivity contribution in [2.24, 2.45) is 0 Å². The van der Waals surface area contributed by atoms with Gasteiger partial charge in [-0.25, -0.2) is 15.0 Å². The first-order chi connectivity index (χ1) is 12.8. The van der Waals surface area contributed by atoms with Gasteiger partial charge in [-0.1, -0.05) is 20.3 Å². The van der Waals surface area contributed by atoms with Crippen LogP contribution in [0.1, 0.15) is 63.3 Å². The Morgan fingerprint density at radius 2 is 1.88 bits per heavy atom. The SMILES string of the molecule is CCCCN(CC)c1ncnc2c1sc1nc(CC)c3c(c12)CCCC3. The predicted octanol–water partition coefficient (Wildman–Crippen LogP) is 5.31. The molecule has 0 spiro atoms. The summed E-state index contributed by atoms with van der Waals surface area (Å²) in [4.78, 5) is 18.0. The van der Waals surface area contributed by atoms with Crippen LogP contribution in [-0.2, 0) is 19.3 Å². The highest BCUT2D eigenvalue weighted by Gasteiger charge is 2.23. The molecular weight excluding hydrogens is 340 g/mol. The molecule has 0 aromatic carbocycles. The van der Waals surface area contributed by atoms with Crippen molar-refractivity contribution in [3.63, 3.8) is 0 Å². The Bertz CT molecular complexity index is 931. The standard InChI is InChI=1S/C21H28N4S/c1-4-7-12-25(6-3)20-19-18(22-13-23-20)17-15-11-9-8-10-14(15)16(5-2)24-21(17)26-19/h13H,4-12H2,1-3H3. The molecule has 26 heavy (non-hydrogen) atoms. The van der Waals surface area contributed by atoms with Crippen molar-refractivity contribution in [2.45, 2.75) is 65.7 Å². The molecule has 0 radical (unpaired) electrons. The molecule has 0 bridgehead atoms. The maximum absolute atomic E-state index is 5.06. The minimum atomic E-state index is 0.978. The lowest BCUT2D eigenvalue weighted by Crippen LogP contribution is -2.24. The van der Waals surface area contributed by atoms with E-state index in [1.165, 1.54) is 65.4 Å². The van der Waals surface area contributed by atoms with Gasteiger partial charge in [-0.15, -0.1) is 11.3 Å². The molecule has 0 N–H and O–H groups in total. The van der Waals surface area contributed by atoms with Gasteiger partial charge < -0.3 is 4.90 Å². The van der Waals surface area contributed by atoms with E-state index < -0.39 is 0 Å². The first kappa shape index (κ1) is 17.7. The summed E-state index contributed by atoms with van der Waals surface area (Å²) in [6.45, 7) is 8.72. The lowest BCUT2D eigenvalue weighted by Gasteiger charge is -2.22. The zero-order valence-corrected chi connectivity index (χ0v) is 17.0. The largest absolute Gasteiger partial charge is 0.356 e. The van der Waals surface area contributed by atoms with E-state index in [2.05, 4.69) is 30.7 Å². The second-order valence-electron chi connectivity index (χ2n) is 7.17. The number of hydrogen-bond donors (Lipinski definition) is 0. The summed E-state index contributed by atoms with van der Waals surface area (Å²) in [7, 11) is 0. The Morgan fingerprint density at radius 3 is 2.62 bits per heavy atom. The summed E-state index contributed by atoms with van der Waals surface area (Å²) in [5, 5.41) is 1.31. The summed E-state index contributed by atoms with van der Waals surface area (Å²) < 4.78 is 1.22. The fourth-order valence-electron chi connectivity index (χ4n) is 4.21. The van der Waals surface area contributed by atoms with Crippen LogP contribution in [0.3, 0.4) is 0 Å². The van der Waals surface area contributed by atoms with Crippen LogP contribution in [0.25, 0.3) is 20.4 Å². The third-order valence-electron chi connectivity index (χ3n) is 5.59. The van der Waals surface area contributed by atoms with Crippen LogP contribution < -0.4 is 4.90 Å². The van der Waals surface area contributed by atoms with E-state index in [0.717, 1.165) is 35.7 Å². The fourth-order valence-corrected chi connectivity index (χ4v) is 5.40. The van der Waals surface area contributed by atoms with Crippen LogP contribution in [0.15, 0.2) is 6.33 Å². The molecule has 138 valence electrons. The zero-order chi connectivity index (χ0) is 18.1. The lowest BCUT2D eigenvalue weighted by atomic mass is 9.88. The van der Waals surface area contributed by atoms with Gasteiger partial charge in [0.15, 0.2) is 0 Å². The summed E-state index contributed by atoms with van der Waals surface area (Å²) in [5.41, 5.74) is 5.44. The quantitative estimate of drug-likeness (QED) is 0.591. The van der Waals surface area contributed by atoms with Crippen LogP contribution in [0.5, 0.6) is 0 Å². The Kier molecular flexibility index (Phi) is 5.07. The summed E-state index contributed by atoms with van der Waals surface area (Å²) >= 11 is 1.79. The highest BCUT2D eigenvalue weighted by atomic mass is 32.1. The Labute approximate surface area is 159 Å². The van der Waals surface area contributed by atoms with Gasteiger partial charge in [0.25, 0.3) is 0 Å². The van der Waals surface area contributed by atoms with Crippen molar-refractivity contribution >= 4 is 37.6 Å². The third-order valence-corrected chi connectivity index (χ3v) is 6.66. The Hall–Kier alpha value is -1.75. The number of hydrogen-bond acceptors (Lipinski definition) is 5. The number of aryl methyl sites for hydroxylation is 2. The highest BCUT2D eigenvalue weighted by molar-refractivity contribution is 7.26. The molecule has 0 unspecified atom stereocenters. The molecular formula is C21H28N4S. The molecule has 0 atom stereocenters. The molecule has 0 fully saturated rings. The number of pyridine rings is 1. The first-order valence-corrected chi connectivity index (χ1v) is 10.9. The van der Waals surface area contributed by atoms with Gasteiger partial charge in [-0.2, -0.15) is 0 Å². The zero-order valence-electron chi connectivity index (χ0n) is 16.1. The van der Waals surface area contributed by atoms with E-state index in [4.69, 9.17) is 9.97 Å². The third kappa shape index (κ3) is 2.86. The number of fused-ring (bicyclic) bond motifs is 5. The summed E-state index contributed by atoms with van der Waals surface area (Å²) in [5.74, 6) is 1.09. The average molecular weight is 369 g/mol. The normalized spacial score (nSPS) is 14.1. The molecule has 0 aliphatic heterocycles. The summed E-state index contributed by atoms with van der Waals surface area (Å²) in [6.07, 6.45) is 10.1. The minimum absolute atomic E-state index is 0.978. The van der Waals surface area contributed by atoms with E-state index in [-0.39, 0.29) is 0 Å². The number of unbranched alkanes of at least 4 members (excludes halogenated alkanes) is 1. The second-order valence-corrected chi connectivity index (χ2v) is 8.17. The van der Waals surface area contributed by atoms with Gasteiger partial charge in [-0.3, -0.25) is 0 Å². The van der Waals surface area contributed by atoms with E-state index in [0.29, 0.717) is 0 Å². The number of thiophene rings is 1. The van der Waals surface area contributed by atoms with Crippen molar-refractivity contribution < 1.29 is 0 Å². The minimum Gasteiger partial charge on any atom is -0.356 e. The van der Waals surface area contributed by atoms with Gasteiger partial charge in [0.05, 0.1) is 10.2 Å². The Morgan fingerprint density at radius 1 is 1.08 bits per heavy atom. The number of nitrogens with zero attached hydrogens (tertiary/aromatic N) is 4. The number of rotatable bonds is 6. The van der Waals surface area contributed by atoms with Crippen molar-refractivity contribution in [2.75, 3.05) is 18.0 Å². The molecule has 3 aromatic rings. The van der Waals surface area contributed by atoms with Gasteiger partial charge in [0.1, 0.15) is 17.0 Å². The van der Waals surface area contributed by atoms with Gasteiger partial charge in [0, 0.05) is 24.2 Å². The summed E-state index contributed by atoms with van der Waals surface area (Å²) in [6, 6.07) is 0. The second kappa shape index (κ2) is 7.47. The highest BCUT2D eigenvalue weighted by Crippen LogP contribution is 2.41. The Balaban J connectivity index is 1.96. The molecule has 3 aromatic heterocycles. The molecule has 4 rings (SSSR count). The predicted molar refractivity (Wildman–Crippen MR) is 112 cm³/mol. The van der Waals surface area contributed by atoms with Gasteiger partial charge >= 0.3 is 0 Å². The van der Waals surface area contributed by atoms with Crippen LogP contribution in [0.2, 0.25) is 0 Å². The number of anilines is 1. The van der Waals surface area contributed by atoms with E-state index in [1.807, 2.05) is 0 Å². The molecule has 5 heteroatoms. The molecule has 0 saturated carbocycles. The maximum atomic E-state index is 5.06. The molecule has 1 aliphatic rings. The monoisotopic (exact) mass is 368 g/mol. The van der Waals surface area contributed by atoms with Gasteiger partial charge in [-0.05, 0) is 56.6 Å². The van der Waals surface area contributed by atoms with Crippen molar-refractivity contribution in [1.29, 1.82) is 0 Å². The smallest absolute Gasteiger partial charge is 0.150 e. The molecule has 0 saturated heterocycles. The molecule has 3 heterocycles. The lowest BCUT2D eigenvalue weighted by molar-refractivity contribution is 0.679. The van der Waals surface area contributed by atoms with Crippen molar-refractivity contribution in [3.8, 4) is 0 Å². The van der Waals surface area contributed by atoms with Crippen LogP contribution in [0, 0.1) is 0 Å². The van der Waals surface area contributed by atoms with Gasteiger partial charge in [0.2, 0.25) is 0 Å². The van der Waals surface area contributed by atoms with Crippen LogP contribution >= 0.6 is 11.3 Å². The maximum Gasteiger partial charge on any atom is 0.150 e. The fraction of sp³-hybridized carbons (Fsp3) is 0.571. The molecule has 1 aliphatic carbocycles. The van der Waals surface area contributed by atoms with Crippen molar-refractivity contribution in [1.82, 2.24) is 15.0 Å². The number of aromatic nitrogens is 3. The van der Waals surface area contributed by atoms with Crippen molar-refractivity contribution in [3.05, 3.63) is 23.1 Å². The topological polar surface area (TPSA) is 41.9 Å². The average Bonchev–Trinajstić information content (AvgIpc) is 3.07. The van der Waals surface area contributed by atoms with E-state index >= 15 is 0 Å².